The van der Waals surface area contributed by atoms with Crippen LogP contribution in [0.15, 0.2) is 54.7 Å². The van der Waals surface area contributed by atoms with Crippen LogP contribution in [-0.4, -0.2) is 80.8 Å². The Labute approximate surface area is 249 Å². The molecule has 43 heavy (non-hydrogen) atoms. The Morgan fingerprint density at radius 2 is 1.53 bits per heavy atom. The normalized spacial score (nSPS) is 14.7. The topological polar surface area (TPSA) is 233 Å². The number of carboxylic acid groups (broad SMARTS) is 1. The molecule has 11 N–H and O–H groups in total. The van der Waals surface area contributed by atoms with Crippen LogP contribution in [0.4, 0.5) is 0 Å². The number of aliphatic hydroxyl groups is 1. The van der Waals surface area contributed by atoms with E-state index in [0.717, 1.165) is 10.9 Å². The van der Waals surface area contributed by atoms with Gasteiger partial charge in [-0.3, -0.25) is 14.4 Å². The molecule has 0 saturated heterocycles. The van der Waals surface area contributed by atoms with E-state index in [-0.39, 0.29) is 25.0 Å². The number of nitrogens with one attached hydrogen (secondary N) is 4. The Bertz CT molecular complexity index is 1390. The van der Waals surface area contributed by atoms with Gasteiger partial charge in [0.1, 0.15) is 17.8 Å². The van der Waals surface area contributed by atoms with Gasteiger partial charge in [-0.2, -0.15) is 0 Å². The highest BCUT2D eigenvalue weighted by Crippen LogP contribution is 2.19. The average molecular weight is 597 g/mol. The zero-order valence-corrected chi connectivity index (χ0v) is 24.0. The molecule has 0 spiro atoms. The molecule has 0 aliphatic rings. The van der Waals surface area contributed by atoms with Crippen LogP contribution in [-0.2, 0) is 32.0 Å². The minimum absolute atomic E-state index is 0.00241. The van der Waals surface area contributed by atoms with Crippen molar-refractivity contribution in [2.45, 2.75) is 69.3 Å². The number of aromatic nitrogens is 1. The van der Waals surface area contributed by atoms with Gasteiger partial charge >= 0.3 is 5.97 Å². The number of nitrogens with two attached hydrogens (primary N) is 2. The third-order valence-electron chi connectivity index (χ3n) is 7.09. The SMILES string of the molecule is CC(O)C(NC(=O)C(Cc1c[nH]c2ccccc12)NC(=O)C(CCCCN)NC(=O)C(N)Cc1ccc(O)cc1)C(=O)O. The number of amides is 3. The van der Waals surface area contributed by atoms with Gasteiger partial charge in [-0.25, -0.2) is 4.79 Å². The van der Waals surface area contributed by atoms with Gasteiger partial charge in [0.25, 0.3) is 0 Å². The summed E-state index contributed by atoms with van der Waals surface area (Å²) < 4.78 is 0. The van der Waals surface area contributed by atoms with Crippen molar-refractivity contribution in [1.82, 2.24) is 20.9 Å². The standard InChI is InChI=1S/C30H40N6O7/c1-17(37)26(30(42)43)36-29(41)25(15-19-16-33-23-7-3-2-6-21(19)23)35-28(40)24(8-4-5-13-31)34-27(39)22(32)14-18-9-11-20(38)12-10-18/h2-3,6-7,9-12,16-17,22,24-26,33,37-38H,4-5,8,13-15,31-32H2,1H3,(H,34,39)(H,35,40)(H,36,41)(H,42,43). The predicted molar refractivity (Wildman–Crippen MR) is 160 cm³/mol. The largest absolute Gasteiger partial charge is 0.508 e. The summed E-state index contributed by atoms with van der Waals surface area (Å²) in [6, 6.07) is 8.70. The minimum Gasteiger partial charge on any atom is -0.508 e. The van der Waals surface area contributed by atoms with Gasteiger partial charge in [0, 0.05) is 23.5 Å². The zero-order chi connectivity index (χ0) is 31.5. The zero-order valence-electron chi connectivity index (χ0n) is 24.0. The summed E-state index contributed by atoms with van der Waals surface area (Å²) in [6.45, 7) is 1.61. The summed E-state index contributed by atoms with van der Waals surface area (Å²) in [5.74, 6) is -3.42. The van der Waals surface area contributed by atoms with Crippen molar-refractivity contribution < 1.29 is 34.5 Å². The van der Waals surface area contributed by atoms with Crippen LogP contribution in [0.1, 0.15) is 37.3 Å². The monoisotopic (exact) mass is 596 g/mol. The maximum absolute atomic E-state index is 13.6. The number of benzene rings is 2. The molecule has 5 atom stereocenters. The number of rotatable bonds is 16. The molecule has 0 bridgehead atoms. The maximum atomic E-state index is 13.6. The summed E-state index contributed by atoms with van der Waals surface area (Å²) in [6.07, 6.45) is 1.76. The van der Waals surface area contributed by atoms with Crippen molar-refractivity contribution in [2.24, 2.45) is 11.5 Å². The summed E-state index contributed by atoms with van der Waals surface area (Å²) in [5.41, 5.74) is 14.0. The summed E-state index contributed by atoms with van der Waals surface area (Å²) in [5, 5.41) is 37.4. The lowest BCUT2D eigenvalue weighted by atomic mass is 10.0. The van der Waals surface area contributed by atoms with Crippen molar-refractivity contribution in [1.29, 1.82) is 0 Å². The lowest BCUT2D eigenvalue weighted by Gasteiger charge is -2.26. The molecule has 0 aliphatic carbocycles. The molecule has 5 unspecified atom stereocenters. The number of hydrogen-bond donors (Lipinski definition) is 9. The van der Waals surface area contributed by atoms with Gasteiger partial charge in [-0.15, -0.1) is 0 Å². The minimum atomic E-state index is -1.60. The highest BCUT2D eigenvalue weighted by Gasteiger charge is 2.32. The number of aromatic hydroxyl groups is 1. The molecule has 1 aromatic heterocycles. The van der Waals surface area contributed by atoms with E-state index in [1.165, 1.54) is 19.1 Å². The Morgan fingerprint density at radius 1 is 0.884 bits per heavy atom. The first-order valence-electron chi connectivity index (χ1n) is 14.1. The van der Waals surface area contributed by atoms with Crippen LogP contribution in [0.5, 0.6) is 5.75 Å². The van der Waals surface area contributed by atoms with E-state index in [4.69, 9.17) is 11.5 Å². The molecule has 0 aliphatic heterocycles. The van der Waals surface area contributed by atoms with E-state index in [9.17, 15) is 34.5 Å². The van der Waals surface area contributed by atoms with Gasteiger partial charge in [0.05, 0.1) is 12.1 Å². The molecule has 3 aromatic rings. The second-order valence-corrected chi connectivity index (χ2v) is 10.5. The van der Waals surface area contributed by atoms with Crippen LogP contribution in [0.25, 0.3) is 10.9 Å². The van der Waals surface area contributed by atoms with Crippen LogP contribution in [0.3, 0.4) is 0 Å². The Morgan fingerprint density at radius 3 is 2.19 bits per heavy atom. The Balaban J connectivity index is 1.81. The maximum Gasteiger partial charge on any atom is 0.328 e. The average Bonchev–Trinajstić information content (AvgIpc) is 3.38. The number of aliphatic carboxylic acids is 1. The fourth-order valence-electron chi connectivity index (χ4n) is 4.66. The molecule has 0 fully saturated rings. The number of carbonyl (C=O) groups excluding carboxylic acids is 3. The van der Waals surface area contributed by atoms with E-state index >= 15 is 0 Å². The van der Waals surface area contributed by atoms with E-state index in [2.05, 4.69) is 20.9 Å². The number of carbonyl (C=O) groups is 4. The number of phenolic OH excluding ortho intramolecular Hbond substituents is 1. The van der Waals surface area contributed by atoms with E-state index in [1.54, 1.807) is 18.3 Å². The number of hydrogen-bond acceptors (Lipinski definition) is 8. The van der Waals surface area contributed by atoms with Crippen molar-refractivity contribution >= 4 is 34.6 Å². The summed E-state index contributed by atoms with van der Waals surface area (Å²) in [4.78, 5) is 54.7. The molecule has 13 heteroatoms. The third kappa shape index (κ3) is 9.53. The fourth-order valence-corrected chi connectivity index (χ4v) is 4.66. The number of carboxylic acids is 1. The lowest BCUT2D eigenvalue weighted by molar-refractivity contribution is -0.145. The van der Waals surface area contributed by atoms with Crippen LogP contribution >= 0.6 is 0 Å². The number of aromatic amines is 1. The summed E-state index contributed by atoms with van der Waals surface area (Å²) >= 11 is 0. The predicted octanol–water partition coefficient (Wildman–Crippen LogP) is 0.0348. The first-order chi connectivity index (χ1) is 20.5. The number of para-hydroxylation sites is 1. The molecule has 13 nitrogen and oxygen atoms in total. The Kier molecular flexibility index (Phi) is 12.0. The fraction of sp³-hybridized carbons (Fsp3) is 0.400. The first-order valence-corrected chi connectivity index (χ1v) is 14.1. The van der Waals surface area contributed by atoms with Gasteiger partial charge < -0.3 is 47.7 Å². The smallest absolute Gasteiger partial charge is 0.328 e. The number of unbranched alkanes of at least 4 members (excludes halogenated alkanes) is 1. The molecule has 3 amide bonds. The third-order valence-corrected chi connectivity index (χ3v) is 7.09. The van der Waals surface area contributed by atoms with Crippen LogP contribution in [0, 0.1) is 0 Å². The van der Waals surface area contributed by atoms with E-state index in [1.807, 2.05) is 24.3 Å². The van der Waals surface area contributed by atoms with Crippen LogP contribution in [0.2, 0.25) is 0 Å². The van der Waals surface area contributed by atoms with Crippen molar-refractivity contribution in [3.05, 3.63) is 65.9 Å². The van der Waals surface area contributed by atoms with Crippen molar-refractivity contribution in [3.8, 4) is 5.75 Å². The molecule has 2 aromatic carbocycles. The number of phenols is 1. The van der Waals surface area contributed by atoms with Crippen LogP contribution < -0.4 is 27.4 Å². The first kappa shape index (κ1) is 33.0. The number of aliphatic hydroxyl groups excluding tert-OH is 1. The van der Waals surface area contributed by atoms with E-state index in [0.29, 0.717) is 30.5 Å². The van der Waals surface area contributed by atoms with Gasteiger partial charge in [0.2, 0.25) is 17.7 Å². The van der Waals surface area contributed by atoms with E-state index < -0.39 is 54.0 Å². The molecular weight excluding hydrogens is 556 g/mol. The second kappa shape index (κ2) is 15.7. The lowest BCUT2D eigenvalue weighted by Crippen LogP contribution is -2.58. The second-order valence-electron chi connectivity index (χ2n) is 10.5. The highest BCUT2D eigenvalue weighted by molar-refractivity contribution is 5.95. The molecule has 0 saturated carbocycles. The highest BCUT2D eigenvalue weighted by atomic mass is 16.4. The van der Waals surface area contributed by atoms with Gasteiger partial charge in [0.15, 0.2) is 6.04 Å². The summed E-state index contributed by atoms with van der Waals surface area (Å²) in [7, 11) is 0. The molecule has 232 valence electrons. The van der Waals surface area contributed by atoms with Gasteiger partial charge in [-0.05, 0) is 68.5 Å². The molecule has 0 radical (unpaired) electrons. The van der Waals surface area contributed by atoms with Crippen molar-refractivity contribution in [2.75, 3.05) is 6.54 Å². The van der Waals surface area contributed by atoms with Gasteiger partial charge in [-0.1, -0.05) is 30.3 Å². The quantitative estimate of drug-likeness (QED) is 0.101. The number of H-pyrrole nitrogens is 1. The molecule has 1 heterocycles. The molecular formula is C30H40N6O7. The Hall–Kier alpha value is -4.46. The molecule has 3 rings (SSSR count). The number of fused-ring (bicyclic) bond motifs is 1. The van der Waals surface area contributed by atoms with Crippen molar-refractivity contribution in [3.63, 3.8) is 0 Å².